The van der Waals surface area contributed by atoms with Crippen LogP contribution in [0.2, 0.25) is 0 Å². The molecule has 3 fully saturated rings. The minimum atomic E-state index is -0.512. The molecule has 6 nitrogen and oxygen atoms in total. The molecule has 0 radical (unpaired) electrons. The number of fused-ring (bicyclic) bond motifs is 2. The normalized spacial score (nSPS) is 27.8. The quantitative estimate of drug-likeness (QED) is 0.495. The van der Waals surface area contributed by atoms with Gasteiger partial charge in [-0.3, -0.25) is 14.9 Å². The average Bonchev–Trinajstić information content (AvgIpc) is 3.56. The zero-order valence-electron chi connectivity index (χ0n) is 18.1. The zero-order chi connectivity index (χ0) is 21.6. The molecule has 3 N–H and O–H groups in total. The molecule has 2 saturated carbocycles. The van der Waals surface area contributed by atoms with Crippen LogP contribution in [-0.4, -0.2) is 54.1 Å². The van der Waals surface area contributed by atoms with Crippen molar-refractivity contribution in [2.75, 3.05) is 30.2 Å². The van der Waals surface area contributed by atoms with E-state index < -0.39 is 6.04 Å². The molecule has 4 rings (SSSR count). The number of carbonyl (C=O) groups is 2. The highest BCUT2D eigenvalue weighted by atomic mass is 32.2. The van der Waals surface area contributed by atoms with E-state index in [-0.39, 0.29) is 17.9 Å². The number of rotatable bonds is 10. The van der Waals surface area contributed by atoms with E-state index >= 15 is 0 Å². The van der Waals surface area contributed by atoms with Crippen molar-refractivity contribution in [3.63, 3.8) is 0 Å². The minimum absolute atomic E-state index is 0.0740. The van der Waals surface area contributed by atoms with Gasteiger partial charge in [0, 0.05) is 23.9 Å². The van der Waals surface area contributed by atoms with Crippen LogP contribution in [0.3, 0.4) is 0 Å². The molecule has 3 aliphatic rings. The van der Waals surface area contributed by atoms with E-state index in [0.717, 1.165) is 46.4 Å². The summed E-state index contributed by atoms with van der Waals surface area (Å²) in [6, 6.07) is 6.93. The SMILES string of the molecule is COc1ccc(CNC(=O)[C@H](CSC[C@@H]2C[C@@H]3CC[C@H]2C3)NC(=O)[C@@H]2CSCN2)cc1. The molecule has 2 aliphatic carbocycles. The zero-order valence-corrected chi connectivity index (χ0v) is 19.7. The molecule has 2 amide bonds. The number of thioether (sulfide) groups is 2. The molecule has 1 heterocycles. The molecule has 1 saturated heterocycles. The van der Waals surface area contributed by atoms with Gasteiger partial charge in [0.1, 0.15) is 11.8 Å². The fraction of sp³-hybridized carbons (Fsp3) is 0.652. The third-order valence-corrected chi connectivity index (χ3v) is 8.97. The Kier molecular flexibility index (Phi) is 8.07. The summed E-state index contributed by atoms with van der Waals surface area (Å²) in [4.78, 5) is 25.6. The third kappa shape index (κ3) is 6.11. The molecule has 170 valence electrons. The van der Waals surface area contributed by atoms with Crippen LogP contribution in [0.1, 0.15) is 31.2 Å². The molecule has 8 heteroatoms. The van der Waals surface area contributed by atoms with E-state index in [1.54, 1.807) is 18.9 Å². The van der Waals surface area contributed by atoms with Crippen molar-refractivity contribution < 1.29 is 14.3 Å². The van der Waals surface area contributed by atoms with Gasteiger partial charge in [0.25, 0.3) is 0 Å². The highest BCUT2D eigenvalue weighted by Crippen LogP contribution is 2.49. The molecular formula is C23H33N3O3S2. The van der Waals surface area contributed by atoms with E-state index in [1.165, 1.54) is 25.7 Å². The lowest BCUT2D eigenvalue weighted by atomic mass is 9.90. The summed E-state index contributed by atoms with van der Waals surface area (Å²) in [5, 5.41) is 9.20. The number of hydrogen-bond acceptors (Lipinski definition) is 6. The highest BCUT2D eigenvalue weighted by molar-refractivity contribution is 7.99. The minimum Gasteiger partial charge on any atom is -0.497 e. The van der Waals surface area contributed by atoms with Gasteiger partial charge in [0.2, 0.25) is 11.8 Å². The summed E-state index contributed by atoms with van der Waals surface area (Å²) in [6.07, 6.45) is 5.54. The number of ether oxygens (including phenoxy) is 1. The summed E-state index contributed by atoms with van der Waals surface area (Å²) in [7, 11) is 1.64. The summed E-state index contributed by atoms with van der Waals surface area (Å²) in [5.41, 5.74) is 1.00. The van der Waals surface area contributed by atoms with Gasteiger partial charge >= 0.3 is 0 Å². The van der Waals surface area contributed by atoms with Crippen LogP contribution in [0.15, 0.2) is 24.3 Å². The van der Waals surface area contributed by atoms with Crippen LogP contribution < -0.4 is 20.7 Å². The van der Waals surface area contributed by atoms with Gasteiger partial charge in [0.05, 0.1) is 13.2 Å². The molecule has 31 heavy (non-hydrogen) atoms. The fourth-order valence-electron chi connectivity index (χ4n) is 4.99. The average molecular weight is 464 g/mol. The van der Waals surface area contributed by atoms with Crippen molar-refractivity contribution in [2.24, 2.45) is 17.8 Å². The molecule has 0 aromatic heterocycles. The number of benzene rings is 1. The van der Waals surface area contributed by atoms with Gasteiger partial charge in [-0.25, -0.2) is 0 Å². The van der Waals surface area contributed by atoms with Crippen LogP contribution in [0, 0.1) is 17.8 Å². The van der Waals surface area contributed by atoms with Crippen LogP contribution in [0.25, 0.3) is 0 Å². The van der Waals surface area contributed by atoms with Crippen molar-refractivity contribution >= 4 is 35.3 Å². The van der Waals surface area contributed by atoms with Crippen LogP contribution in [0.5, 0.6) is 5.75 Å². The Hall–Kier alpha value is -1.38. The van der Waals surface area contributed by atoms with Crippen molar-refractivity contribution in [3.8, 4) is 5.75 Å². The summed E-state index contributed by atoms with van der Waals surface area (Å²) in [6.45, 7) is 0.434. The monoisotopic (exact) mass is 463 g/mol. The predicted molar refractivity (Wildman–Crippen MR) is 127 cm³/mol. The lowest BCUT2D eigenvalue weighted by Gasteiger charge is -2.23. The van der Waals surface area contributed by atoms with E-state index in [9.17, 15) is 9.59 Å². The maximum Gasteiger partial charge on any atom is 0.243 e. The molecule has 1 aromatic carbocycles. The second-order valence-corrected chi connectivity index (χ2v) is 11.0. The number of carbonyl (C=O) groups excluding carboxylic acids is 2. The van der Waals surface area contributed by atoms with Gasteiger partial charge in [-0.2, -0.15) is 11.8 Å². The first-order valence-electron chi connectivity index (χ1n) is 11.2. The maximum atomic E-state index is 13.0. The summed E-state index contributed by atoms with van der Waals surface area (Å²) in [5.74, 6) is 6.46. The molecule has 1 aliphatic heterocycles. The first kappa shape index (κ1) is 22.8. The second kappa shape index (κ2) is 11.0. The highest BCUT2D eigenvalue weighted by Gasteiger charge is 2.39. The van der Waals surface area contributed by atoms with Gasteiger partial charge in [-0.15, -0.1) is 11.8 Å². The van der Waals surface area contributed by atoms with Gasteiger partial charge < -0.3 is 15.4 Å². The first-order chi connectivity index (χ1) is 15.1. The lowest BCUT2D eigenvalue weighted by molar-refractivity contribution is -0.129. The predicted octanol–water partition coefficient (Wildman–Crippen LogP) is 2.63. The standard InChI is InChI=1S/C23H33N3O3S2/c1-29-19-6-3-15(4-7-19)10-24-22(27)21(26-23(28)20-12-31-14-25-20)13-30-11-18-9-16-2-5-17(18)8-16/h3-4,6-7,16-18,20-21,25H,2,5,8-14H2,1H3,(H,24,27)(H,26,28)/t16-,17+,18+,20+,21+/m1/s1. The van der Waals surface area contributed by atoms with Crippen molar-refractivity contribution in [3.05, 3.63) is 29.8 Å². The number of methoxy groups -OCH3 is 1. The van der Waals surface area contributed by atoms with Crippen LogP contribution in [-0.2, 0) is 16.1 Å². The molecule has 5 atom stereocenters. The molecular weight excluding hydrogens is 430 g/mol. The van der Waals surface area contributed by atoms with Crippen LogP contribution in [0.4, 0.5) is 0 Å². The Balaban J connectivity index is 1.29. The van der Waals surface area contributed by atoms with Crippen LogP contribution >= 0.6 is 23.5 Å². The topological polar surface area (TPSA) is 79.5 Å². The van der Waals surface area contributed by atoms with Gasteiger partial charge in [0.15, 0.2) is 0 Å². The second-order valence-electron chi connectivity index (χ2n) is 8.87. The largest absolute Gasteiger partial charge is 0.497 e. The number of nitrogens with one attached hydrogen (secondary N) is 3. The number of amides is 2. The molecule has 0 unspecified atom stereocenters. The Labute approximate surface area is 193 Å². The molecule has 2 bridgehead atoms. The van der Waals surface area contributed by atoms with Gasteiger partial charge in [-0.1, -0.05) is 18.6 Å². The van der Waals surface area contributed by atoms with Gasteiger partial charge in [-0.05, 0) is 60.5 Å². The summed E-state index contributed by atoms with van der Waals surface area (Å²) < 4.78 is 5.18. The van der Waals surface area contributed by atoms with Crippen molar-refractivity contribution in [2.45, 2.75) is 44.3 Å². The van der Waals surface area contributed by atoms with Crippen molar-refractivity contribution in [1.82, 2.24) is 16.0 Å². The Morgan fingerprint density at radius 1 is 1.26 bits per heavy atom. The Morgan fingerprint density at radius 2 is 2.10 bits per heavy atom. The Bertz CT molecular complexity index is 755. The first-order valence-corrected chi connectivity index (χ1v) is 13.5. The van der Waals surface area contributed by atoms with E-state index in [1.807, 2.05) is 36.0 Å². The fourth-order valence-corrected chi connectivity index (χ4v) is 7.25. The smallest absolute Gasteiger partial charge is 0.243 e. The molecule has 1 aromatic rings. The Morgan fingerprint density at radius 3 is 2.74 bits per heavy atom. The van der Waals surface area contributed by atoms with Crippen molar-refractivity contribution in [1.29, 1.82) is 0 Å². The summed E-state index contributed by atoms with van der Waals surface area (Å²) >= 11 is 3.53. The van der Waals surface area contributed by atoms with E-state index in [0.29, 0.717) is 12.3 Å². The number of hydrogen-bond donors (Lipinski definition) is 3. The maximum absolute atomic E-state index is 13.0. The molecule has 0 spiro atoms. The van der Waals surface area contributed by atoms with E-state index in [4.69, 9.17) is 4.74 Å². The lowest BCUT2D eigenvalue weighted by Crippen LogP contribution is -2.53. The third-order valence-electron chi connectivity index (χ3n) is 6.79. The van der Waals surface area contributed by atoms with E-state index in [2.05, 4.69) is 16.0 Å².